The summed E-state index contributed by atoms with van der Waals surface area (Å²) in [6.45, 7) is 6.14. The number of benzene rings is 1. The number of allylic oxidation sites excluding steroid dienone is 5. The number of phenolic OH excluding ortho intramolecular Hbond substituents is 1. The van der Waals surface area contributed by atoms with Crippen LogP contribution in [-0.2, 0) is 16.0 Å². The number of fused-ring (bicyclic) bond motifs is 3. The van der Waals surface area contributed by atoms with E-state index in [1.165, 1.54) is 6.08 Å². The van der Waals surface area contributed by atoms with Crippen LogP contribution < -0.4 is 21.5 Å². The molecule has 9 nitrogen and oxygen atoms in total. The average molecular weight is 517 g/mol. The molecule has 7 N–H and O–H groups in total. The Hall–Kier alpha value is -4.37. The highest BCUT2D eigenvalue weighted by molar-refractivity contribution is 6.24. The van der Waals surface area contributed by atoms with E-state index < -0.39 is 52.0 Å². The van der Waals surface area contributed by atoms with E-state index in [1.807, 2.05) is 31.2 Å². The smallest absolute Gasteiger partial charge is 0.255 e. The predicted octanol–water partition coefficient (Wildman–Crippen LogP) is 0.761. The molecule has 3 atom stereocenters. The minimum atomic E-state index is -2.58. The van der Waals surface area contributed by atoms with E-state index in [0.717, 1.165) is 16.5 Å². The van der Waals surface area contributed by atoms with E-state index in [0.29, 0.717) is 17.3 Å². The number of Topliss-reactive ketones (excluding diaryl/α,β-unsaturated/α-hetero) is 2. The number of nitrogens with two attached hydrogens (primary N) is 1. The number of aliphatic hydroxyl groups excluding tert-OH is 2. The number of carbonyl (C=O) groups is 3. The molecule has 0 radical (unpaired) electrons. The third kappa shape index (κ3) is 3.46. The largest absolute Gasteiger partial charge is 0.511 e. The fourth-order valence-corrected chi connectivity index (χ4v) is 6.13. The third-order valence-corrected chi connectivity index (χ3v) is 7.98. The van der Waals surface area contributed by atoms with Crippen LogP contribution >= 0.6 is 0 Å². The number of carbonyl (C=O) groups excluding carboxylic acids is 3. The van der Waals surface area contributed by atoms with Crippen LogP contribution in [0.25, 0.3) is 11.6 Å². The van der Waals surface area contributed by atoms with E-state index >= 15 is 0 Å². The molecule has 1 heterocycles. The Kier molecular flexibility index (Phi) is 5.91. The lowest BCUT2D eigenvalue weighted by Gasteiger charge is -2.45. The Morgan fingerprint density at radius 1 is 1.21 bits per heavy atom. The summed E-state index contributed by atoms with van der Waals surface area (Å²) in [6, 6.07) is 1.84. The Morgan fingerprint density at radius 2 is 1.95 bits per heavy atom. The van der Waals surface area contributed by atoms with Crippen molar-refractivity contribution in [3.63, 3.8) is 0 Å². The number of aromatic hydroxyl groups is 1. The Balaban J connectivity index is 1.72. The minimum absolute atomic E-state index is 0.0269. The number of ketones is 2. The van der Waals surface area contributed by atoms with Crippen molar-refractivity contribution in [3.05, 3.63) is 86.9 Å². The molecule has 1 unspecified atom stereocenters. The van der Waals surface area contributed by atoms with Crippen LogP contribution in [0.2, 0.25) is 0 Å². The van der Waals surface area contributed by atoms with Gasteiger partial charge in [-0.25, -0.2) is 0 Å². The van der Waals surface area contributed by atoms with Crippen molar-refractivity contribution in [2.45, 2.75) is 31.8 Å². The highest BCUT2D eigenvalue weighted by atomic mass is 16.3. The second-order valence-electron chi connectivity index (χ2n) is 9.99. The summed E-state index contributed by atoms with van der Waals surface area (Å²) >= 11 is 0. The summed E-state index contributed by atoms with van der Waals surface area (Å²) in [7, 11) is 0. The lowest BCUT2D eigenvalue weighted by molar-refractivity contribution is -0.144. The maximum atomic E-state index is 13.8. The molecule has 0 saturated heterocycles. The van der Waals surface area contributed by atoms with Crippen molar-refractivity contribution in [1.82, 2.24) is 5.32 Å². The zero-order valence-electron chi connectivity index (χ0n) is 20.7. The Bertz CT molecular complexity index is 1590. The van der Waals surface area contributed by atoms with E-state index in [1.54, 1.807) is 6.08 Å². The van der Waals surface area contributed by atoms with Crippen LogP contribution in [-0.4, -0.2) is 50.0 Å². The third-order valence-electron chi connectivity index (χ3n) is 7.98. The molecular weight excluding hydrogens is 488 g/mol. The van der Waals surface area contributed by atoms with Crippen molar-refractivity contribution >= 4 is 29.1 Å². The number of amides is 1. The second kappa shape index (κ2) is 8.88. The van der Waals surface area contributed by atoms with Crippen LogP contribution in [0, 0.1) is 11.8 Å². The number of nitrogens with one attached hydrogen (secondary N) is 1. The van der Waals surface area contributed by atoms with Gasteiger partial charge in [0.1, 0.15) is 22.8 Å². The van der Waals surface area contributed by atoms with Crippen LogP contribution in [0.1, 0.15) is 35.7 Å². The maximum absolute atomic E-state index is 13.8. The van der Waals surface area contributed by atoms with E-state index in [4.69, 9.17) is 5.73 Å². The summed E-state index contributed by atoms with van der Waals surface area (Å²) in [5.41, 5.74) is 4.06. The first-order valence-electron chi connectivity index (χ1n) is 12.3. The fourth-order valence-electron chi connectivity index (χ4n) is 6.13. The molecule has 3 aliphatic carbocycles. The van der Waals surface area contributed by atoms with Crippen LogP contribution in [0.15, 0.2) is 65.3 Å². The molecule has 38 heavy (non-hydrogen) atoms. The first-order valence-corrected chi connectivity index (χ1v) is 12.3. The highest BCUT2D eigenvalue weighted by Gasteiger charge is 2.59. The van der Waals surface area contributed by atoms with Crippen molar-refractivity contribution in [2.75, 3.05) is 6.54 Å². The summed E-state index contributed by atoms with van der Waals surface area (Å²) in [5, 5.41) is 48.6. The quantitative estimate of drug-likeness (QED) is 0.313. The van der Waals surface area contributed by atoms with Gasteiger partial charge in [-0.05, 0) is 54.2 Å². The first kappa shape index (κ1) is 25.3. The average Bonchev–Trinajstić information content (AvgIpc) is 2.87. The highest BCUT2D eigenvalue weighted by Crippen LogP contribution is 2.50. The number of aliphatic hydroxyl groups is 3. The van der Waals surface area contributed by atoms with Gasteiger partial charge in [-0.1, -0.05) is 30.9 Å². The summed E-state index contributed by atoms with van der Waals surface area (Å²) in [5.74, 6) is -6.45. The summed E-state index contributed by atoms with van der Waals surface area (Å²) in [6.07, 6.45) is 8.94. The van der Waals surface area contributed by atoms with Gasteiger partial charge in [-0.15, -0.1) is 0 Å². The van der Waals surface area contributed by atoms with E-state index in [9.17, 15) is 34.8 Å². The van der Waals surface area contributed by atoms with Crippen molar-refractivity contribution in [2.24, 2.45) is 17.6 Å². The molecule has 1 aromatic rings. The number of phenols is 1. The van der Waals surface area contributed by atoms with Crippen molar-refractivity contribution in [1.29, 1.82) is 0 Å². The molecule has 1 aromatic carbocycles. The Labute approximate surface area is 218 Å². The van der Waals surface area contributed by atoms with E-state index in [2.05, 4.69) is 11.9 Å². The molecule has 5 rings (SSSR count). The molecule has 9 heteroatoms. The number of primary amides is 1. The van der Waals surface area contributed by atoms with Gasteiger partial charge in [0, 0.05) is 35.4 Å². The van der Waals surface area contributed by atoms with Gasteiger partial charge >= 0.3 is 0 Å². The second-order valence-corrected chi connectivity index (χ2v) is 9.99. The number of hydrogen-bond donors (Lipinski definition) is 6. The van der Waals surface area contributed by atoms with Gasteiger partial charge in [0.15, 0.2) is 11.4 Å². The van der Waals surface area contributed by atoms with Crippen LogP contribution in [0.5, 0.6) is 5.75 Å². The molecule has 0 aromatic heterocycles. The van der Waals surface area contributed by atoms with Gasteiger partial charge in [0.2, 0.25) is 5.78 Å². The van der Waals surface area contributed by atoms with Crippen molar-refractivity contribution in [3.8, 4) is 5.75 Å². The maximum Gasteiger partial charge on any atom is 0.255 e. The van der Waals surface area contributed by atoms with Gasteiger partial charge in [-0.2, -0.15) is 0 Å². The lowest BCUT2D eigenvalue weighted by atomic mass is 9.60. The van der Waals surface area contributed by atoms with E-state index in [-0.39, 0.29) is 36.1 Å². The summed E-state index contributed by atoms with van der Waals surface area (Å²) < 4.78 is 0. The van der Waals surface area contributed by atoms with Crippen LogP contribution in [0.3, 0.4) is 0 Å². The zero-order chi connectivity index (χ0) is 27.5. The monoisotopic (exact) mass is 516 g/mol. The summed E-state index contributed by atoms with van der Waals surface area (Å²) in [4.78, 5) is 38.7. The first-order chi connectivity index (χ1) is 18.0. The molecule has 0 spiro atoms. The fraction of sp³-hybridized carbons (Fsp3) is 0.276. The molecule has 0 saturated carbocycles. The zero-order valence-corrected chi connectivity index (χ0v) is 20.7. The minimum Gasteiger partial charge on any atom is -0.511 e. The standard InChI is InChI=1S/C29H28N2O7/c1-3-5-18-19(13-6-7-17(4-2)31-12-13)10-15-8-14-9-16-11-20(32)23(28(30)37)27(36)29(16,38)26(35)22(14)25(34)21(15)24(18)33/h3-7,10,14,16,31-33,35,38H,1,8-9,11-12H2,2H3,(H2,30,37)/b17-4+,18-5+,19-13+/t14-,16?,29-/m0/s1. The number of hydrogen-bond acceptors (Lipinski definition) is 8. The number of rotatable bonds is 2. The lowest BCUT2D eigenvalue weighted by Crippen LogP contribution is -2.57. The normalized spacial score (nSPS) is 29.6. The molecule has 4 aliphatic rings. The topological polar surface area (TPSA) is 170 Å². The van der Waals surface area contributed by atoms with Gasteiger partial charge in [-0.3, -0.25) is 14.4 Å². The molecule has 0 bridgehead atoms. The molecule has 1 amide bonds. The molecule has 196 valence electrons. The SMILES string of the molecule is C=C/C=c1/c(O)c2c(c/c1=C1C=C/C(=C\C)NC/1)C[C@H]1CC3CC(O)=C(C(N)=O)C(=O)[C@@]3(O)C(O)=C1C2=O. The van der Waals surface area contributed by atoms with Gasteiger partial charge < -0.3 is 31.5 Å². The van der Waals surface area contributed by atoms with Crippen molar-refractivity contribution < 1.29 is 34.8 Å². The van der Waals surface area contributed by atoms with Crippen LogP contribution in [0.4, 0.5) is 0 Å². The molecule has 1 aliphatic heterocycles. The van der Waals surface area contributed by atoms with Gasteiger partial charge in [0.05, 0.1) is 5.56 Å². The predicted molar refractivity (Wildman–Crippen MR) is 139 cm³/mol. The molecular formula is C29H28N2O7. The Morgan fingerprint density at radius 3 is 2.55 bits per heavy atom. The van der Waals surface area contributed by atoms with Gasteiger partial charge in [0.25, 0.3) is 5.91 Å². The molecule has 0 fully saturated rings.